The van der Waals surface area contributed by atoms with E-state index in [9.17, 15) is 19.5 Å². The Kier molecular flexibility index (Phi) is 6.70. The van der Waals surface area contributed by atoms with Gasteiger partial charge in [-0.25, -0.2) is 4.79 Å². The third kappa shape index (κ3) is 4.28. The normalized spacial score (nSPS) is 20.9. The molecule has 2 aliphatic heterocycles. The Balaban J connectivity index is 1.78. The lowest BCUT2D eigenvalue weighted by atomic mass is 9.94. The zero-order valence-electron chi connectivity index (χ0n) is 19.4. The van der Waals surface area contributed by atoms with Gasteiger partial charge in [0, 0.05) is 32.2 Å². The van der Waals surface area contributed by atoms with Gasteiger partial charge in [-0.15, -0.1) is 0 Å². The molecule has 8 nitrogen and oxygen atoms in total. The molecule has 0 bridgehead atoms. The first-order valence-corrected chi connectivity index (χ1v) is 11.1. The van der Waals surface area contributed by atoms with Crippen molar-refractivity contribution in [3.8, 4) is 5.75 Å². The van der Waals surface area contributed by atoms with E-state index in [2.05, 4.69) is 0 Å². The standard InChI is InChI=1S/C26H27NO7/c1-15-13-19-14-18(9-10-20(19)34-15)23(28)21-22(16-5-7-17(8-6-16)26(31)33-3)27(11-4-12-32-2)25(30)24(21)29/h5-10,14-15,22,28H,4,11-13H2,1-3H3/b23-21+/t15-,22+/m0/s1. The van der Waals surface area contributed by atoms with E-state index in [0.29, 0.717) is 36.1 Å². The number of ketones is 1. The van der Waals surface area contributed by atoms with E-state index in [1.807, 2.05) is 6.92 Å². The van der Waals surface area contributed by atoms with Crippen LogP contribution in [0.3, 0.4) is 0 Å². The Labute approximate surface area is 197 Å². The number of rotatable bonds is 7. The van der Waals surface area contributed by atoms with Crippen molar-refractivity contribution in [1.29, 1.82) is 0 Å². The largest absolute Gasteiger partial charge is 0.507 e. The van der Waals surface area contributed by atoms with Crippen LogP contribution in [-0.4, -0.2) is 61.1 Å². The molecule has 1 fully saturated rings. The Bertz CT molecular complexity index is 1150. The molecule has 0 saturated carbocycles. The molecule has 0 aromatic heterocycles. The molecule has 2 aromatic rings. The van der Waals surface area contributed by atoms with Crippen molar-refractivity contribution < 1.29 is 33.7 Å². The number of amides is 1. The van der Waals surface area contributed by atoms with Gasteiger partial charge in [0.1, 0.15) is 17.6 Å². The summed E-state index contributed by atoms with van der Waals surface area (Å²) in [6.45, 7) is 2.65. The number of aliphatic hydroxyl groups excluding tert-OH is 1. The van der Waals surface area contributed by atoms with Crippen LogP contribution in [0.4, 0.5) is 0 Å². The molecule has 1 saturated heterocycles. The van der Waals surface area contributed by atoms with Crippen molar-refractivity contribution in [3.63, 3.8) is 0 Å². The van der Waals surface area contributed by atoms with Crippen LogP contribution in [0, 0.1) is 0 Å². The lowest BCUT2D eigenvalue weighted by molar-refractivity contribution is -0.140. The summed E-state index contributed by atoms with van der Waals surface area (Å²) in [7, 11) is 2.86. The zero-order valence-corrected chi connectivity index (χ0v) is 19.4. The number of carbonyl (C=O) groups excluding carboxylic acids is 3. The van der Waals surface area contributed by atoms with Crippen molar-refractivity contribution >= 4 is 23.4 Å². The fourth-order valence-electron chi connectivity index (χ4n) is 4.48. The number of hydrogen-bond donors (Lipinski definition) is 1. The summed E-state index contributed by atoms with van der Waals surface area (Å²) in [5.41, 5.74) is 2.34. The van der Waals surface area contributed by atoms with Crippen LogP contribution in [0.5, 0.6) is 5.75 Å². The first-order valence-electron chi connectivity index (χ1n) is 11.1. The van der Waals surface area contributed by atoms with Gasteiger partial charge in [-0.2, -0.15) is 0 Å². The maximum atomic E-state index is 13.1. The summed E-state index contributed by atoms with van der Waals surface area (Å²) >= 11 is 0. The van der Waals surface area contributed by atoms with Gasteiger partial charge in [-0.05, 0) is 54.8 Å². The molecule has 1 amide bonds. The number of esters is 1. The van der Waals surface area contributed by atoms with E-state index < -0.39 is 23.7 Å². The van der Waals surface area contributed by atoms with Crippen LogP contribution in [-0.2, 0) is 25.5 Å². The third-order valence-electron chi connectivity index (χ3n) is 6.10. The van der Waals surface area contributed by atoms with Crippen molar-refractivity contribution in [3.05, 3.63) is 70.3 Å². The Morgan fingerprint density at radius 1 is 1.12 bits per heavy atom. The molecule has 178 valence electrons. The Morgan fingerprint density at radius 3 is 2.50 bits per heavy atom. The molecular weight excluding hydrogens is 438 g/mol. The first kappa shape index (κ1) is 23.5. The zero-order chi connectivity index (χ0) is 24.4. The highest BCUT2D eigenvalue weighted by Crippen LogP contribution is 2.40. The van der Waals surface area contributed by atoms with Crippen molar-refractivity contribution in [1.82, 2.24) is 4.90 Å². The van der Waals surface area contributed by atoms with E-state index in [0.717, 1.165) is 11.3 Å². The highest BCUT2D eigenvalue weighted by Gasteiger charge is 2.45. The summed E-state index contributed by atoms with van der Waals surface area (Å²) in [6.07, 6.45) is 1.25. The maximum Gasteiger partial charge on any atom is 0.337 e. The predicted octanol–water partition coefficient (Wildman–Crippen LogP) is 3.25. The average Bonchev–Trinajstić information content (AvgIpc) is 3.34. The summed E-state index contributed by atoms with van der Waals surface area (Å²) in [5.74, 6) is -1.41. The Morgan fingerprint density at radius 2 is 1.82 bits per heavy atom. The number of likely N-dealkylation sites (tertiary alicyclic amines) is 1. The van der Waals surface area contributed by atoms with E-state index in [4.69, 9.17) is 14.2 Å². The number of benzene rings is 2. The number of hydrogen-bond acceptors (Lipinski definition) is 7. The fourth-order valence-corrected chi connectivity index (χ4v) is 4.48. The summed E-state index contributed by atoms with van der Waals surface area (Å²) < 4.78 is 15.6. The minimum atomic E-state index is -0.799. The van der Waals surface area contributed by atoms with Gasteiger partial charge in [0.25, 0.3) is 11.7 Å². The molecule has 0 unspecified atom stereocenters. The number of nitrogens with zero attached hydrogens (tertiary/aromatic N) is 1. The van der Waals surface area contributed by atoms with Gasteiger partial charge in [-0.3, -0.25) is 9.59 Å². The number of methoxy groups -OCH3 is 2. The molecule has 34 heavy (non-hydrogen) atoms. The van der Waals surface area contributed by atoms with E-state index in [-0.39, 0.29) is 24.0 Å². The van der Waals surface area contributed by atoms with Crippen molar-refractivity contribution in [2.24, 2.45) is 0 Å². The summed E-state index contributed by atoms with van der Waals surface area (Å²) in [4.78, 5) is 39.4. The summed E-state index contributed by atoms with van der Waals surface area (Å²) in [6, 6.07) is 10.9. The van der Waals surface area contributed by atoms with Gasteiger partial charge >= 0.3 is 5.97 Å². The fraction of sp³-hybridized carbons (Fsp3) is 0.346. The number of aliphatic hydroxyl groups is 1. The molecule has 2 aliphatic rings. The molecule has 2 heterocycles. The first-order chi connectivity index (χ1) is 16.3. The number of ether oxygens (including phenoxy) is 3. The highest BCUT2D eigenvalue weighted by atomic mass is 16.5. The molecule has 1 N–H and O–H groups in total. The smallest absolute Gasteiger partial charge is 0.337 e. The number of fused-ring (bicyclic) bond motifs is 1. The van der Waals surface area contributed by atoms with Gasteiger partial charge < -0.3 is 24.2 Å². The molecule has 2 aromatic carbocycles. The van der Waals surface area contributed by atoms with Gasteiger partial charge in [0.05, 0.1) is 24.3 Å². The van der Waals surface area contributed by atoms with Crippen molar-refractivity contribution in [2.45, 2.75) is 31.9 Å². The van der Waals surface area contributed by atoms with Gasteiger partial charge in [0.2, 0.25) is 0 Å². The molecule has 2 atom stereocenters. The SMILES string of the molecule is COCCCN1C(=O)C(=O)/C(=C(/O)c2ccc3c(c2)C[C@H](C)O3)[C@H]1c1ccc(C(=O)OC)cc1. The van der Waals surface area contributed by atoms with Gasteiger partial charge in [0.15, 0.2) is 0 Å². The second-order valence-electron chi connectivity index (χ2n) is 8.41. The number of carbonyl (C=O) groups is 3. The van der Waals surface area contributed by atoms with Crippen LogP contribution in [0.1, 0.15) is 46.4 Å². The van der Waals surface area contributed by atoms with Crippen LogP contribution < -0.4 is 4.74 Å². The lowest BCUT2D eigenvalue weighted by Crippen LogP contribution is -2.31. The minimum absolute atomic E-state index is 0.0140. The predicted molar refractivity (Wildman–Crippen MR) is 124 cm³/mol. The topological polar surface area (TPSA) is 102 Å². The highest BCUT2D eigenvalue weighted by molar-refractivity contribution is 6.46. The third-order valence-corrected chi connectivity index (χ3v) is 6.10. The van der Waals surface area contributed by atoms with E-state index >= 15 is 0 Å². The monoisotopic (exact) mass is 465 g/mol. The minimum Gasteiger partial charge on any atom is -0.507 e. The quantitative estimate of drug-likeness (QED) is 0.220. The average molecular weight is 466 g/mol. The molecular formula is C26H27NO7. The lowest BCUT2D eigenvalue weighted by Gasteiger charge is -2.25. The second kappa shape index (κ2) is 9.69. The molecule has 4 rings (SSSR count). The molecule has 0 aliphatic carbocycles. The van der Waals surface area contributed by atoms with Crippen LogP contribution in [0.15, 0.2) is 48.0 Å². The van der Waals surface area contributed by atoms with Crippen LogP contribution in [0.25, 0.3) is 5.76 Å². The molecule has 0 spiro atoms. The van der Waals surface area contributed by atoms with Crippen LogP contribution >= 0.6 is 0 Å². The van der Waals surface area contributed by atoms with Gasteiger partial charge in [-0.1, -0.05) is 12.1 Å². The molecule has 0 radical (unpaired) electrons. The van der Waals surface area contributed by atoms with E-state index in [1.54, 1.807) is 49.6 Å². The maximum absolute atomic E-state index is 13.1. The molecule has 8 heteroatoms. The second-order valence-corrected chi connectivity index (χ2v) is 8.41. The summed E-state index contributed by atoms with van der Waals surface area (Å²) in [5, 5.41) is 11.2. The number of Topliss-reactive ketones (excluding diaryl/α,β-unsaturated/α-hetero) is 1. The van der Waals surface area contributed by atoms with Crippen molar-refractivity contribution in [2.75, 3.05) is 27.4 Å². The van der Waals surface area contributed by atoms with E-state index in [1.165, 1.54) is 12.0 Å². The van der Waals surface area contributed by atoms with Crippen LogP contribution in [0.2, 0.25) is 0 Å². The Hall–Kier alpha value is -3.65.